The fraction of sp³-hybridized carbons (Fsp3) is 0.462. The number of anilines is 1. The van der Waals surface area contributed by atoms with Crippen molar-refractivity contribution in [3.63, 3.8) is 0 Å². The third kappa shape index (κ3) is 2.91. The molecule has 1 N–H and O–H groups in total. The first-order valence-corrected chi connectivity index (χ1v) is 6.57. The van der Waals surface area contributed by atoms with Gasteiger partial charge in [-0.1, -0.05) is 19.0 Å². The largest absolute Gasteiger partial charge is 0.367 e. The smallest absolute Gasteiger partial charge is 0.213 e. The van der Waals surface area contributed by atoms with Crippen LogP contribution in [0.5, 0.6) is 0 Å². The average Bonchev–Trinajstić information content (AvgIpc) is 2.99. The summed E-state index contributed by atoms with van der Waals surface area (Å²) in [5, 5.41) is 24.4. The van der Waals surface area contributed by atoms with Gasteiger partial charge >= 0.3 is 0 Å². The predicted octanol–water partition coefficient (Wildman–Crippen LogP) is 1.51. The van der Waals surface area contributed by atoms with Gasteiger partial charge in [-0.2, -0.15) is 15.3 Å². The fourth-order valence-electron chi connectivity index (χ4n) is 2.01. The minimum atomic E-state index is 0.519. The quantitative estimate of drug-likeness (QED) is 0.850. The number of nitrogens with one attached hydrogen (secondary N) is 1. The monoisotopic (exact) mass is 272 g/mol. The van der Waals surface area contributed by atoms with Crippen LogP contribution in [0.25, 0.3) is 0 Å². The second-order valence-electron chi connectivity index (χ2n) is 4.19. The SMILES string of the molecule is CCc1nnc(NCCc2ncon2)c(C#N)c1CC. The van der Waals surface area contributed by atoms with Crippen molar-refractivity contribution < 1.29 is 4.52 Å². The summed E-state index contributed by atoms with van der Waals surface area (Å²) in [6, 6.07) is 2.22. The Balaban J connectivity index is 2.13. The van der Waals surface area contributed by atoms with Crippen LogP contribution in [-0.4, -0.2) is 26.9 Å². The highest BCUT2D eigenvalue weighted by molar-refractivity contribution is 5.56. The van der Waals surface area contributed by atoms with Gasteiger partial charge in [0.25, 0.3) is 0 Å². The molecule has 0 amide bonds. The summed E-state index contributed by atoms with van der Waals surface area (Å²) in [6.45, 7) is 4.59. The van der Waals surface area contributed by atoms with Crippen molar-refractivity contribution in [1.82, 2.24) is 20.3 Å². The molecule has 7 nitrogen and oxygen atoms in total. The Morgan fingerprint density at radius 3 is 2.75 bits per heavy atom. The van der Waals surface area contributed by atoms with Crippen LogP contribution in [0, 0.1) is 11.3 Å². The minimum absolute atomic E-state index is 0.519. The zero-order valence-corrected chi connectivity index (χ0v) is 11.6. The molecule has 2 aromatic heterocycles. The van der Waals surface area contributed by atoms with Gasteiger partial charge in [-0.05, 0) is 18.4 Å². The molecular weight excluding hydrogens is 256 g/mol. The topological polar surface area (TPSA) is 101 Å². The van der Waals surface area contributed by atoms with Crippen LogP contribution in [0.1, 0.15) is 36.5 Å². The second kappa shape index (κ2) is 6.61. The highest BCUT2D eigenvalue weighted by atomic mass is 16.5. The van der Waals surface area contributed by atoms with E-state index in [-0.39, 0.29) is 0 Å². The Kier molecular flexibility index (Phi) is 4.60. The van der Waals surface area contributed by atoms with Crippen LogP contribution in [0.3, 0.4) is 0 Å². The molecule has 0 spiro atoms. The summed E-state index contributed by atoms with van der Waals surface area (Å²) in [5.74, 6) is 1.13. The Morgan fingerprint density at radius 1 is 1.30 bits per heavy atom. The maximum Gasteiger partial charge on any atom is 0.213 e. The van der Waals surface area contributed by atoms with Crippen LogP contribution in [0.2, 0.25) is 0 Å². The molecule has 2 heterocycles. The maximum atomic E-state index is 9.34. The van der Waals surface area contributed by atoms with Crippen molar-refractivity contribution in [1.29, 1.82) is 5.26 Å². The molecule has 0 unspecified atom stereocenters. The molecule has 7 heteroatoms. The summed E-state index contributed by atoms with van der Waals surface area (Å²) in [7, 11) is 0. The van der Waals surface area contributed by atoms with Gasteiger partial charge in [0.05, 0.1) is 5.69 Å². The first-order valence-electron chi connectivity index (χ1n) is 6.57. The molecule has 0 fully saturated rings. The van der Waals surface area contributed by atoms with Crippen LogP contribution in [-0.2, 0) is 19.3 Å². The van der Waals surface area contributed by atoms with Gasteiger partial charge in [-0.25, -0.2) is 0 Å². The normalized spacial score (nSPS) is 10.2. The average molecular weight is 272 g/mol. The van der Waals surface area contributed by atoms with Crippen molar-refractivity contribution in [2.45, 2.75) is 33.1 Å². The molecule has 2 aromatic rings. The Labute approximate surface area is 117 Å². The molecule has 2 rings (SSSR count). The van der Waals surface area contributed by atoms with Crippen molar-refractivity contribution >= 4 is 5.82 Å². The lowest BCUT2D eigenvalue weighted by Crippen LogP contribution is -2.12. The van der Waals surface area contributed by atoms with Gasteiger partial charge in [-0.3, -0.25) is 0 Å². The van der Waals surface area contributed by atoms with E-state index in [2.05, 4.69) is 36.2 Å². The summed E-state index contributed by atoms with van der Waals surface area (Å²) in [4.78, 5) is 3.93. The van der Waals surface area contributed by atoms with E-state index in [4.69, 9.17) is 0 Å². The number of hydrogen-bond donors (Lipinski definition) is 1. The molecule has 0 aromatic carbocycles. The standard InChI is InChI=1S/C13H16N6O/c1-3-9-10(7-14)13(18-17-11(9)4-2)15-6-5-12-16-8-20-19-12/h8H,3-6H2,1-2H3,(H,15,18). The van der Waals surface area contributed by atoms with Gasteiger partial charge in [0, 0.05) is 13.0 Å². The summed E-state index contributed by atoms with van der Waals surface area (Å²) < 4.78 is 4.66. The number of nitriles is 1. The molecule has 0 bridgehead atoms. The molecule has 0 radical (unpaired) electrons. The zero-order chi connectivity index (χ0) is 14.4. The van der Waals surface area contributed by atoms with Crippen LogP contribution in [0.15, 0.2) is 10.9 Å². The highest BCUT2D eigenvalue weighted by Crippen LogP contribution is 2.19. The van der Waals surface area contributed by atoms with E-state index >= 15 is 0 Å². The van der Waals surface area contributed by atoms with Crippen molar-refractivity contribution in [2.24, 2.45) is 0 Å². The Hall–Kier alpha value is -2.49. The molecule has 0 atom stereocenters. The van der Waals surface area contributed by atoms with E-state index in [1.807, 2.05) is 13.8 Å². The summed E-state index contributed by atoms with van der Waals surface area (Å²) in [6.07, 6.45) is 3.43. The molecule has 0 saturated heterocycles. The lowest BCUT2D eigenvalue weighted by Gasteiger charge is -2.11. The Morgan fingerprint density at radius 2 is 2.15 bits per heavy atom. The summed E-state index contributed by atoms with van der Waals surface area (Å²) in [5.41, 5.74) is 2.42. The third-order valence-electron chi connectivity index (χ3n) is 3.01. The first kappa shape index (κ1) is 13.9. The van der Waals surface area contributed by atoms with E-state index < -0.39 is 0 Å². The number of aromatic nitrogens is 4. The molecule has 0 aliphatic rings. The van der Waals surface area contributed by atoms with Gasteiger partial charge in [0.2, 0.25) is 6.39 Å². The third-order valence-corrected chi connectivity index (χ3v) is 3.01. The maximum absolute atomic E-state index is 9.34. The molecule has 0 aliphatic heterocycles. The van der Waals surface area contributed by atoms with Crippen LogP contribution < -0.4 is 5.32 Å². The molecule has 0 aliphatic carbocycles. The van der Waals surface area contributed by atoms with E-state index in [1.165, 1.54) is 6.39 Å². The van der Waals surface area contributed by atoms with Crippen molar-refractivity contribution in [3.05, 3.63) is 29.0 Å². The van der Waals surface area contributed by atoms with Gasteiger partial charge in [-0.15, -0.1) is 5.10 Å². The molecular formula is C13H16N6O. The molecule has 0 saturated carbocycles. The van der Waals surface area contributed by atoms with Gasteiger partial charge < -0.3 is 9.84 Å². The van der Waals surface area contributed by atoms with Crippen molar-refractivity contribution in [3.8, 4) is 6.07 Å². The van der Waals surface area contributed by atoms with E-state index in [0.717, 1.165) is 24.1 Å². The van der Waals surface area contributed by atoms with Crippen LogP contribution >= 0.6 is 0 Å². The number of aryl methyl sites for hydroxylation is 1. The van der Waals surface area contributed by atoms with Gasteiger partial charge in [0.1, 0.15) is 11.6 Å². The first-order chi connectivity index (χ1) is 9.80. The number of rotatable bonds is 6. The minimum Gasteiger partial charge on any atom is -0.367 e. The Bertz CT molecular complexity index is 602. The molecule has 20 heavy (non-hydrogen) atoms. The van der Waals surface area contributed by atoms with E-state index in [0.29, 0.717) is 30.2 Å². The number of nitrogens with zero attached hydrogens (tertiary/aromatic N) is 5. The molecule has 104 valence electrons. The lowest BCUT2D eigenvalue weighted by molar-refractivity contribution is 0.410. The predicted molar refractivity (Wildman–Crippen MR) is 72.0 cm³/mol. The fourth-order valence-corrected chi connectivity index (χ4v) is 2.01. The van der Waals surface area contributed by atoms with Crippen molar-refractivity contribution in [2.75, 3.05) is 11.9 Å². The van der Waals surface area contributed by atoms with Crippen LogP contribution in [0.4, 0.5) is 5.82 Å². The van der Waals surface area contributed by atoms with Gasteiger partial charge in [0.15, 0.2) is 11.6 Å². The number of hydrogen-bond acceptors (Lipinski definition) is 7. The van der Waals surface area contributed by atoms with E-state index in [1.54, 1.807) is 0 Å². The lowest BCUT2D eigenvalue weighted by atomic mass is 10.0. The highest BCUT2D eigenvalue weighted by Gasteiger charge is 2.13. The zero-order valence-electron chi connectivity index (χ0n) is 11.6. The second-order valence-corrected chi connectivity index (χ2v) is 4.19. The van der Waals surface area contributed by atoms with E-state index in [9.17, 15) is 5.26 Å². The summed E-state index contributed by atoms with van der Waals surface area (Å²) >= 11 is 0.